The molecule has 26 heavy (non-hydrogen) atoms. The molecule has 0 radical (unpaired) electrons. The molecule has 1 unspecified atom stereocenters. The first kappa shape index (κ1) is 19.0. The Labute approximate surface area is 162 Å². The van der Waals surface area contributed by atoms with Crippen LogP contribution in [0.2, 0.25) is 0 Å². The van der Waals surface area contributed by atoms with Crippen molar-refractivity contribution in [1.82, 2.24) is 15.2 Å². The zero-order chi connectivity index (χ0) is 18.5. The summed E-state index contributed by atoms with van der Waals surface area (Å²) >= 11 is 3.20. The van der Waals surface area contributed by atoms with Crippen LogP contribution in [0.25, 0.3) is 0 Å². The smallest absolute Gasteiger partial charge is 0.264 e. The third kappa shape index (κ3) is 4.51. The molecular weight excluding hydrogens is 366 g/mol. The summed E-state index contributed by atoms with van der Waals surface area (Å²) in [6.07, 6.45) is 3.36. The first-order valence-electron chi connectivity index (χ1n) is 9.12. The minimum atomic E-state index is 0.0748. The molecule has 0 bridgehead atoms. The number of piperidine rings is 1. The summed E-state index contributed by atoms with van der Waals surface area (Å²) < 4.78 is 0. The van der Waals surface area contributed by atoms with Crippen LogP contribution in [0.4, 0.5) is 0 Å². The quantitative estimate of drug-likeness (QED) is 0.818. The number of carbonyl (C=O) groups is 2. The number of hydrogen-bond donors (Lipinski definition) is 1. The van der Waals surface area contributed by atoms with Crippen molar-refractivity contribution in [2.75, 3.05) is 19.6 Å². The Hall–Kier alpha value is -1.73. The molecule has 1 aliphatic heterocycles. The van der Waals surface area contributed by atoms with Crippen molar-refractivity contribution in [2.45, 2.75) is 45.4 Å². The Kier molecular flexibility index (Phi) is 6.43. The normalized spacial score (nSPS) is 17.3. The number of likely N-dealkylation sites (tertiary alicyclic amines) is 1. The summed E-state index contributed by atoms with van der Waals surface area (Å²) in [6.45, 7) is 6.05. The monoisotopic (exact) mass is 391 g/mol. The Morgan fingerprint density at radius 3 is 2.96 bits per heavy atom. The number of nitrogens with zero attached hydrogens (tertiary/aromatic N) is 2. The van der Waals surface area contributed by atoms with E-state index in [1.807, 2.05) is 30.2 Å². The Morgan fingerprint density at radius 1 is 1.38 bits per heavy atom. The van der Waals surface area contributed by atoms with E-state index in [2.05, 4.69) is 10.7 Å². The van der Waals surface area contributed by atoms with Crippen molar-refractivity contribution in [3.63, 3.8) is 0 Å². The van der Waals surface area contributed by atoms with E-state index in [-0.39, 0.29) is 11.8 Å². The van der Waals surface area contributed by atoms with Crippen LogP contribution in [0.1, 0.15) is 58.0 Å². The van der Waals surface area contributed by atoms with Gasteiger partial charge in [0.1, 0.15) is 0 Å². The zero-order valence-electron chi connectivity index (χ0n) is 15.3. The molecule has 5 nitrogen and oxygen atoms in total. The van der Waals surface area contributed by atoms with Crippen molar-refractivity contribution >= 4 is 34.5 Å². The predicted octanol–water partition coefficient (Wildman–Crippen LogP) is 3.60. The highest BCUT2D eigenvalue weighted by Crippen LogP contribution is 2.31. The average Bonchev–Trinajstić information content (AvgIpc) is 3.30. The van der Waals surface area contributed by atoms with Crippen molar-refractivity contribution < 1.29 is 9.59 Å². The van der Waals surface area contributed by atoms with E-state index in [1.165, 1.54) is 11.3 Å². The summed E-state index contributed by atoms with van der Waals surface area (Å²) in [5.41, 5.74) is 2.09. The molecule has 1 fully saturated rings. The van der Waals surface area contributed by atoms with Crippen LogP contribution in [-0.4, -0.2) is 41.3 Å². The number of amides is 2. The first-order valence-corrected chi connectivity index (χ1v) is 10.9. The zero-order valence-corrected chi connectivity index (χ0v) is 16.9. The van der Waals surface area contributed by atoms with Gasteiger partial charge in [0.05, 0.1) is 15.6 Å². The minimum Gasteiger partial charge on any atom is -0.356 e. The molecule has 3 heterocycles. The number of nitrogens with one attached hydrogen (secondary N) is 1. The maximum atomic E-state index is 12.8. The summed E-state index contributed by atoms with van der Waals surface area (Å²) in [5, 5.41) is 8.06. The molecule has 2 aromatic heterocycles. The van der Waals surface area contributed by atoms with Crippen LogP contribution in [0.5, 0.6) is 0 Å². The second-order valence-corrected chi connectivity index (χ2v) is 8.46. The highest BCUT2D eigenvalue weighted by molar-refractivity contribution is 7.12. The summed E-state index contributed by atoms with van der Waals surface area (Å²) in [4.78, 5) is 31.7. The third-order valence-electron chi connectivity index (χ3n) is 4.71. The lowest BCUT2D eigenvalue weighted by molar-refractivity contribution is -0.120. The molecule has 0 aliphatic carbocycles. The lowest BCUT2D eigenvalue weighted by Gasteiger charge is -2.31. The van der Waals surface area contributed by atoms with Crippen molar-refractivity contribution in [3.8, 4) is 0 Å². The molecule has 7 heteroatoms. The second kappa shape index (κ2) is 8.77. The van der Waals surface area contributed by atoms with Gasteiger partial charge in [0.15, 0.2) is 0 Å². The molecule has 1 N–H and O–H groups in total. The molecule has 140 valence electrons. The maximum absolute atomic E-state index is 12.8. The lowest BCUT2D eigenvalue weighted by Crippen LogP contribution is -2.39. The number of rotatable bonds is 6. The molecule has 2 aromatic rings. The van der Waals surface area contributed by atoms with Gasteiger partial charge in [0, 0.05) is 43.8 Å². The first-order chi connectivity index (χ1) is 12.6. The number of carbonyl (C=O) groups excluding carboxylic acids is 2. The van der Waals surface area contributed by atoms with Crippen LogP contribution in [-0.2, 0) is 11.2 Å². The summed E-state index contributed by atoms with van der Waals surface area (Å²) in [6, 6.07) is 2.00. The van der Waals surface area contributed by atoms with E-state index in [0.717, 1.165) is 53.5 Å². The Balaban J connectivity index is 1.59. The fourth-order valence-electron chi connectivity index (χ4n) is 3.18. The fraction of sp³-hybridized carbons (Fsp3) is 0.526. The van der Waals surface area contributed by atoms with Crippen LogP contribution in [0.15, 0.2) is 16.8 Å². The highest BCUT2D eigenvalue weighted by atomic mass is 32.1. The second-order valence-electron chi connectivity index (χ2n) is 6.65. The SMILES string of the molecule is CCC(=O)NCCc1csc(C2CCCN(C(=O)c3sccc3C)C2)n1. The lowest BCUT2D eigenvalue weighted by atomic mass is 9.98. The molecule has 1 aliphatic rings. The van der Waals surface area contributed by atoms with Gasteiger partial charge in [-0.25, -0.2) is 4.98 Å². The molecule has 0 aromatic carbocycles. The van der Waals surface area contributed by atoms with Gasteiger partial charge in [-0.2, -0.15) is 0 Å². The van der Waals surface area contributed by atoms with E-state index < -0.39 is 0 Å². The predicted molar refractivity (Wildman–Crippen MR) is 106 cm³/mol. The molecule has 0 spiro atoms. The average molecular weight is 392 g/mol. The topological polar surface area (TPSA) is 62.3 Å². The number of aryl methyl sites for hydroxylation is 1. The molecular formula is C19H25N3O2S2. The van der Waals surface area contributed by atoms with E-state index in [0.29, 0.717) is 18.9 Å². The fourth-order valence-corrected chi connectivity index (χ4v) is 5.05. The van der Waals surface area contributed by atoms with Gasteiger partial charge in [-0.1, -0.05) is 6.92 Å². The van der Waals surface area contributed by atoms with Crippen molar-refractivity contribution in [1.29, 1.82) is 0 Å². The van der Waals surface area contributed by atoms with Gasteiger partial charge in [0.25, 0.3) is 5.91 Å². The largest absolute Gasteiger partial charge is 0.356 e. The van der Waals surface area contributed by atoms with E-state index in [4.69, 9.17) is 4.98 Å². The molecule has 1 atom stereocenters. The standard InChI is InChI=1S/C19H25N3O2S2/c1-3-16(23)20-8-6-15-12-26-18(21-15)14-5-4-9-22(11-14)19(24)17-13(2)7-10-25-17/h7,10,12,14H,3-6,8-9,11H2,1-2H3,(H,20,23). The number of thiophene rings is 1. The molecule has 2 amide bonds. The molecule has 1 saturated heterocycles. The van der Waals surface area contributed by atoms with Crippen LogP contribution in [0, 0.1) is 6.92 Å². The number of aromatic nitrogens is 1. The van der Waals surface area contributed by atoms with Gasteiger partial charge >= 0.3 is 0 Å². The Morgan fingerprint density at radius 2 is 2.23 bits per heavy atom. The molecule has 3 rings (SSSR count). The van der Waals surface area contributed by atoms with Gasteiger partial charge in [-0.05, 0) is 36.8 Å². The van der Waals surface area contributed by atoms with Crippen LogP contribution in [0.3, 0.4) is 0 Å². The van der Waals surface area contributed by atoms with Gasteiger partial charge in [-0.3, -0.25) is 9.59 Å². The van der Waals surface area contributed by atoms with Gasteiger partial charge in [0.2, 0.25) is 5.91 Å². The van der Waals surface area contributed by atoms with Gasteiger partial charge < -0.3 is 10.2 Å². The van der Waals surface area contributed by atoms with E-state index in [9.17, 15) is 9.59 Å². The maximum Gasteiger partial charge on any atom is 0.264 e. The third-order valence-corrected chi connectivity index (χ3v) is 6.77. The van der Waals surface area contributed by atoms with Crippen molar-refractivity contribution in [2.24, 2.45) is 0 Å². The van der Waals surface area contributed by atoms with E-state index >= 15 is 0 Å². The molecule has 0 saturated carbocycles. The van der Waals surface area contributed by atoms with Crippen LogP contribution < -0.4 is 5.32 Å². The highest BCUT2D eigenvalue weighted by Gasteiger charge is 2.28. The summed E-state index contributed by atoms with van der Waals surface area (Å²) in [7, 11) is 0. The number of thiazole rings is 1. The summed E-state index contributed by atoms with van der Waals surface area (Å²) in [5.74, 6) is 0.545. The minimum absolute atomic E-state index is 0.0748. The number of hydrogen-bond acceptors (Lipinski definition) is 5. The van der Waals surface area contributed by atoms with Crippen LogP contribution >= 0.6 is 22.7 Å². The van der Waals surface area contributed by atoms with Gasteiger partial charge in [-0.15, -0.1) is 22.7 Å². The Bertz CT molecular complexity index is 768. The van der Waals surface area contributed by atoms with E-state index in [1.54, 1.807) is 11.3 Å². The van der Waals surface area contributed by atoms with Crippen molar-refractivity contribution in [3.05, 3.63) is 38.0 Å².